The number of hydrogen-bond acceptors (Lipinski definition) is 5. The molecule has 106 valence electrons. The van der Waals surface area contributed by atoms with Gasteiger partial charge in [0, 0.05) is 4.88 Å². The molecule has 2 aromatic heterocycles. The summed E-state index contributed by atoms with van der Waals surface area (Å²) in [6, 6.07) is 9.96. The summed E-state index contributed by atoms with van der Waals surface area (Å²) in [5, 5.41) is 7.19. The maximum atomic E-state index is 6.05. The van der Waals surface area contributed by atoms with Crippen LogP contribution in [0, 0.1) is 6.92 Å². The van der Waals surface area contributed by atoms with E-state index in [1.807, 2.05) is 18.2 Å². The number of aryl methyl sites for hydroxylation is 1. The lowest BCUT2D eigenvalue weighted by atomic mass is 10.0. The topological polar surface area (TPSA) is 73.2 Å². The van der Waals surface area contributed by atoms with Crippen molar-refractivity contribution in [2.45, 2.75) is 6.92 Å². The molecule has 0 radical (unpaired) electrons. The highest BCUT2D eigenvalue weighted by Crippen LogP contribution is 2.41. The second kappa shape index (κ2) is 4.53. The predicted molar refractivity (Wildman–Crippen MR) is 82.6 cm³/mol. The van der Waals surface area contributed by atoms with Crippen molar-refractivity contribution in [3.8, 4) is 33.2 Å². The van der Waals surface area contributed by atoms with Crippen LogP contribution in [0.2, 0.25) is 0 Å². The summed E-state index contributed by atoms with van der Waals surface area (Å²) in [6.45, 7) is 2.34. The van der Waals surface area contributed by atoms with Crippen LogP contribution >= 0.6 is 11.3 Å². The molecule has 3 N–H and O–H groups in total. The van der Waals surface area contributed by atoms with Crippen molar-refractivity contribution in [3.05, 3.63) is 35.2 Å². The van der Waals surface area contributed by atoms with Gasteiger partial charge in [-0.3, -0.25) is 5.10 Å². The van der Waals surface area contributed by atoms with Gasteiger partial charge >= 0.3 is 0 Å². The van der Waals surface area contributed by atoms with Gasteiger partial charge < -0.3 is 15.2 Å². The number of nitrogens with one attached hydrogen (secondary N) is 1. The average molecular weight is 299 g/mol. The lowest BCUT2D eigenvalue weighted by molar-refractivity contribution is 0.174. The van der Waals surface area contributed by atoms with E-state index in [0.29, 0.717) is 5.82 Å². The van der Waals surface area contributed by atoms with Crippen molar-refractivity contribution in [2.75, 3.05) is 12.5 Å². The van der Waals surface area contributed by atoms with Gasteiger partial charge in [0.1, 0.15) is 0 Å². The smallest absolute Gasteiger partial charge is 0.231 e. The van der Waals surface area contributed by atoms with E-state index in [0.717, 1.165) is 33.2 Å². The first-order valence-electron chi connectivity index (χ1n) is 6.53. The minimum Gasteiger partial charge on any atom is -0.454 e. The Kier molecular flexibility index (Phi) is 2.65. The average Bonchev–Trinajstić information content (AvgIpc) is 3.17. The van der Waals surface area contributed by atoms with Crippen LogP contribution in [0.4, 0.5) is 5.82 Å². The highest BCUT2D eigenvalue weighted by molar-refractivity contribution is 7.15. The van der Waals surface area contributed by atoms with Gasteiger partial charge in [-0.2, -0.15) is 5.10 Å². The van der Waals surface area contributed by atoms with Crippen molar-refractivity contribution in [1.82, 2.24) is 10.2 Å². The first kappa shape index (κ1) is 12.3. The molecule has 21 heavy (non-hydrogen) atoms. The Balaban J connectivity index is 1.87. The monoisotopic (exact) mass is 299 g/mol. The van der Waals surface area contributed by atoms with E-state index < -0.39 is 0 Å². The van der Waals surface area contributed by atoms with Gasteiger partial charge in [0.15, 0.2) is 17.3 Å². The molecule has 0 amide bonds. The lowest BCUT2D eigenvalue weighted by Crippen LogP contribution is -1.92. The van der Waals surface area contributed by atoms with Gasteiger partial charge in [-0.25, -0.2) is 0 Å². The maximum Gasteiger partial charge on any atom is 0.231 e. The fourth-order valence-corrected chi connectivity index (χ4v) is 3.32. The molecule has 0 saturated heterocycles. The van der Waals surface area contributed by atoms with Crippen LogP contribution in [0.5, 0.6) is 11.5 Å². The fraction of sp³-hybridized carbons (Fsp3) is 0.133. The van der Waals surface area contributed by atoms with E-state index in [-0.39, 0.29) is 6.79 Å². The molecular formula is C15H13N3O2S. The largest absolute Gasteiger partial charge is 0.454 e. The molecule has 4 rings (SSSR count). The van der Waals surface area contributed by atoms with Crippen molar-refractivity contribution >= 4 is 17.2 Å². The van der Waals surface area contributed by atoms with Crippen LogP contribution < -0.4 is 15.2 Å². The van der Waals surface area contributed by atoms with E-state index in [1.54, 1.807) is 11.3 Å². The van der Waals surface area contributed by atoms with E-state index in [2.05, 4.69) is 29.3 Å². The number of nitrogens with two attached hydrogens (primary N) is 1. The molecule has 0 atom stereocenters. The Morgan fingerprint density at radius 3 is 2.86 bits per heavy atom. The van der Waals surface area contributed by atoms with E-state index in [9.17, 15) is 0 Å². The Morgan fingerprint density at radius 1 is 1.19 bits per heavy atom. The Bertz CT molecular complexity index is 822. The second-order valence-electron chi connectivity index (χ2n) is 4.84. The van der Waals surface area contributed by atoms with E-state index in [4.69, 9.17) is 15.2 Å². The molecule has 0 saturated carbocycles. The first-order chi connectivity index (χ1) is 10.2. The normalized spacial score (nSPS) is 12.8. The van der Waals surface area contributed by atoms with Crippen molar-refractivity contribution in [3.63, 3.8) is 0 Å². The molecule has 6 heteroatoms. The molecule has 5 nitrogen and oxygen atoms in total. The van der Waals surface area contributed by atoms with Gasteiger partial charge in [-0.1, -0.05) is 6.07 Å². The molecule has 0 spiro atoms. The summed E-state index contributed by atoms with van der Waals surface area (Å²) < 4.78 is 10.8. The standard InChI is InChI=1S/C15H13N3O2S/c1-8-2-5-12(21-8)14-13(15(16)18-17-14)9-3-4-10-11(6-9)20-7-19-10/h2-6H,7H2,1H3,(H3,16,17,18). The number of H-pyrrole nitrogens is 1. The van der Waals surface area contributed by atoms with Gasteiger partial charge in [0.05, 0.1) is 16.1 Å². The molecule has 3 heterocycles. The van der Waals surface area contributed by atoms with Crippen LogP contribution in [0.1, 0.15) is 4.88 Å². The first-order valence-corrected chi connectivity index (χ1v) is 7.34. The minimum atomic E-state index is 0.261. The number of ether oxygens (including phenoxy) is 2. The van der Waals surface area contributed by atoms with Crippen molar-refractivity contribution < 1.29 is 9.47 Å². The van der Waals surface area contributed by atoms with Crippen LogP contribution in [0.25, 0.3) is 21.7 Å². The number of hydrogen-bond donors (Lipinski definition) is 2. The second-order valence-corrected chi connectivity index (χ2v) is 6.13. The summed E-state index contributed by atoms with van der Waals surface area (Å²) in [5.41, 5.74) is 8.85. The van der Waals surface area contributed by atoms with Crippen LogP contribution in [-0.4, -0.2) is 17.0 Å². The summed E-state index contributed by atoms with van der Waals surface area (Å²) >= 11 is 1.71. The summed E-state index contributed by atoms with van der Waals surface area (Å²) in [6.07, 6.45) is 0. The number of aromatic amines is 1. The molecule has 1 aliphatic heterocycles. The lowest BCUT2D eigenvalue weighted by Gasteiger charge is -2.04. The zero-order chi connectivity index (χ0) is 14.4. The summed E-state index contributed by atoms with van der Waals surface area (Å²) in [7, 11) is 0. The quantitative estimate of drug-likeness (QED) is 0.760. The number of nitrogen functional groups attached to an aromatic ring is 1. The fourth-order valence-electron chi connectivity index (χ4n) is 2.45. The molecule has 0 bridgehead atoms. The van der Waals surface area contributed by atoms with Gasteiger partial charge in [-0.15, -0.1) is 11.3 Å². The predicted octanol–water partition coefficient (Wildman–Crippen LogP) is 3.42. The third kappa shape index (κ3) is 1.95. The third-order valence-corrected chi connectivity index (χ3v) is 4.46. The van der Waals surface area contributed by atoms with Crippen molar-refractivity contribution in [2.24, 2.45) is 0 Å². The van der Waals surface area contributed by atoms with Gasteiger partial charge in [0.2, 0.25) is 6.79 Å². The number of benzene rings is 1. The van der Waals surface area contributed by atoms with Crippen LogP contribution in [-0.2, 0) is 0 Å². The van der Waals surface area contributed by atoms with Gasteiger partial charge in [0.25, 0.3) is 0 Å². The number of anilines is 1. The third-order valence-electron chi connectivity index (χ3n) is 3.44. The maximum absolute atomic E-state index is 6.05. The van der Waals surface area contributed by atoms with Crippen molar-refractivity contribution in [1.29, 1.82) is 0 Å². The number of thiophene rings is 1. The molecule has 1 aliphatic rings. The molecular weight excluding hydrogens is 286 g/mol. The highest BCUT2D eigenvalue weighted by Gasteiger charge is 2.19. The van der Waals surface area contributed by atoms with Gasteiger partial charge in [-0.05, 0) is 36.8 Å². The molecule has 0 fully saturated rings. The molecule has 0 aliphatic carbocycles. The molecule has 3 aromatic rings. The summed E-state index contributed by atoms with van der Waals surface area (Å²) in [5.74, 6) is 1.98. The van der Waals surface area contributed by atoms with E-state index in [1.165, 1.54) is 4.88 Å². The van der Waals surface area contributed by atoms with Crippen LogP contribution in [0.3, 0.4) is 0 Å². The number of fused-ring (bicyclic) bond motifs is 1. The zero-order valence-electron chi connectivity index (χ0n) is 11.3. The molecule has 1 aromatic carbocycles. The SMILES string of the molecule is Cc1ccc(-c2[nH]nc(N)c2-c2ccc3c(c2)OCO3)s1. The Morgan fingerprint density at radius 2 is 2.05 bits per heavy atom. The Hall–Kier alpha value is -2.47. The number of rotatable bonds is 2. The number of nitrogens with zero attached hydrogens (tertiary/aromatic N) is 1. The van der Waals surface area contributed by atoms with Crippen LogP contribution in [0.15, 0.2) is 30.3 Å². The minimum absolute atomic E-state index is 0.261. The number of aromatic nitrogens is 2. The Labute approximate surface area is 125 Å². The molecule has 0 unspecified atom stereocenters. The van der Waals surface area contributed by atoms with E-state index >= 15 is 0 Å². The summed E-state index contributed by atoms with van der Waals surface area (Å²) in [4.78, 5) is 2.36. The zero-order valence-corrected chi connectivity index (χ0v) is 12.2. The highest BCUT2D eigenvalue weighted by atomic mass is 32.1.